The Morgan fingerprint density at radius 3 is 2.48 bits per heavy atom. The summed E-state index contributed by atoms with van der Waals surface area (Å²) in [4.78, 5) is 38.3. The molecule has 7 nitrogen and oxygen atoms in total. The molecule has 1 heterocycles. The highest BCUT2D eigenvalue weighted by Gasteiger charge is 2.28. The number of phenolic OH excluding ortho intramolecular Hbond substituents is 1. The Labute approximate surface area is 173 Å². The van der Waals surface area contributed by atoms with Crippen molar-refractivity contribution in [2.75, 3.05) is 25.0 Å². The van der Waals surface area contributed by atoms with E-state index < -0.39 is 12.6 Å². The Balaban J connectivity index is 1.45. The number of para-hydroxylation sites is 1. The highest BCUT2D eigenvalue weighted by atomic mass is 35.5. The molecule has 0 radical (unpaired) electrons. The number of aromatic hydroxyl groups is 1. The summed E-state index contributed by atoms with van der Waals surface area (Å²) < 4.78 is 5.00. The average molecular weight is 417 g/mol. The fourth-order valence-corrected chi connectivity index (χ4v) is 3.30. The van der Waals surface area contributed by atoms with Gasteiger partial charge in [0.1, 0.15) is 11.3 Å². The number of phenols is 1. The number of carbonyl (C=O) groups is 3. The van der Waals surface area contributed by atoms with Crippen LogP contribution in [0, 0.1) is 5.92 Å². The molecule has 2 aromatic rings. The van der Waals surface area contributed by atoms with Crippen molar-refractivity contribution in [1.29, 1.82) is 0 Å². The van der Waals surface area contributed by atoms with Gasteiger partial charge in [-0.1, -0.05) is 29.8 Å². The minimum atomic E-state index is -0.824. The molecule has 3 rings (SSSR count). The second kappa shape index (κ2) is 9.43. The van der Waals surface area contributed by atoms with E-state index in [1.165, 1.54) is 18.2 Å². The van der Waals surface area contributed by atoms with Gasteiger partial charge in [-0.15, -0.1) is 0 Å². The molecule has 8 heteroatoms. The molecule has 2 amide bonds. The van der Waals surface area contributed by atoms with Gasteiger partial charge < -0.3 is 20.1 Å². The quantitative estimate of drug-likeness (QED) is 0.730. The summed E-state index contributed by atoms with van der Waals surface area (Å²) in [6.07, 6.45) is 1.07. The summed E-state index contributed by atoms with van der Waals surface area (Å²) in [7, 11) is 0. The maximum absolute atomic E-state index is 12.4. The van der Waals surface area contributed by atoms with Crippen LogP contribution in [0.25, 0.3) is 0 Å². The lowest BCUT2D eigenvalue weighted by Crippen LogP contribution is -2.43. The van der Waals surface area contributed by atoms with Crippen LogP contribution >= 0.6 is 11.6 Å². The van der Waals surface area contributed by atoms with Gasteiger partial charge in [-0.25, -0.2) is 4.79 Å². The van der Waals surface area contributed by atoms with Crippen molar-refractivity contribution in [3.8, 4) is 5.75 Å². The first-order chi connectivity index (χ1) is 13.9. The third-order valence-corrected chi connectivity index (χ3v) is 5.00. The zero-order chi connectivity index (χ0) is 20.8. The third kappa shape index (κ3) is 5.48. The molecule has 0 saturated carbocycles. The van der Waals surface area contributed by atoms with Crippen LogP contribution in [0.2, 0.25) is 5.02 Å². The lowest BCUT2D eigenvalue weighted by atomic mass is 9.95. The number of carbonyl (C=O) groups excluding carboxylic acids is 3. The summed E-state index contributed by atoms with van der Waals surface area (Å²) in [6, 6.07) is 13.2. The lowest BCUT2D eigenvalue weighted by Gasteiger charge is -2.31. The molecule has 0 aliphatic carbocycles. The fraction of sp³-hybridized carbons (Fsp3) is 0.286. The highest BCUT2D eigenvalue weighted by molar-refractivity contribution is 6.31. The summed E-state index contributed by atoms with van der Waals surface area (Å²) in [5.74, 6) is -1.68. The van der Waals surface area contributed by atoms with Gasteiger partial charge in [0.25, 0.3) is 5.91 Å². The number of amides is 2. The average Bonchev–Trinajstić information content (AvgIpc) is 2.74. The SMILES string of the molecule is O=C(OCC(=O)N1CCC(C(=O)Nc2ccccc2)CC1)c1cc(Cl)ccc1O. The van der Waals surface area contributed by atoms with E-state index in [0.29, 0.717) is 25.9 Å². The number of rotatable bonds is 5. The Bertz CT molecular complexity index is 895. The second-order valence-electron chi connectivity index (χ2n) is 6.75. The predicted molar refractivity (Wildman–Crippen MR) is 108 cm³/mol. The molecule has 1 saturated heterocycles. The first kappa shape index (κ1) is 20.7. The summed E-state index contributed by atoms with van der Waals surface area (Å²) in [6.45, 7) is 0.378. The van der Waals surface area contributed by atoms with E-state index in [9.17, 15) is 19.5 Å². The molecule has 0 bridgehead atoms. The van der Waals surface area contributed by atoms with E-state index in [0.717, 1.165) is 5.69 Å². The molecule has 2 aromatic carbocycles. The lowest BCUT2D eigenvalue weighted by molar-refractivity contribution is -0.137. The van der Waals surface area contributed by atoms with Crippen molar-refractivity contribution in [2.45, 2.75) is 12.8 Å². The number of nitrogens with one attached hydrogen (secondary N) is 1. The number of esters is 1. The van der Waals surface area contributed by atoms with Gasteiger partial charge in [-0.3, -0.25) is 9.59 Å². The topological polar surface area (TPSA) is 95.9 Å². The number of piperidine rings is 1. The minimum absolute atomic E-state index is 0.0637. The molecular weight excluding hydrogens is 396 g/mol. The summed E-state index contributed by atoms with van der Waals surface area (Å²) in [5, 5.41) is 12.9. The van der Waals surface area contributed by atoms with Gasteiger partial charge >= 0.3 is 5.97 Å². The summed E-state index contributed by atoms with van der Waals surface area (Å²) >= 11 is 5.81. The fourth-order valence-electron chi connectivity index (χ4n) is 3.12. The zero-order valence-corrected chi connectivity index (χ0v) is 16.4. The minimum Gasteiger partial charge on any atom is -0.507 e. The Hall–Kier alpha value is -3.06. The maximum atomic E-state index is 12.4. The third-order valence-electron chi connectivity index (χ3n) is 4.77. The molecule has 1 aliphatic heterocycles. The number of nitrogens with zero attached hydrogens (tertiary/aromatic N) is 1. The number of benzene rings is 2. The van der Waals surface area contributed by atoms with Crippen molar-refractivity contribution in [3.05, 3.63) is 59.1 Å². The van der Waals surface area contributed by atoms with E-state index in [-0.39, 0.29) is 34.1 Å². The Kier molecular flexibility index (Phi) is 6.72. The van der Waals surface area contributed by atoms with Crippen molar-refractivity contribution in [1.82, 2.24) is 4.90 Å². The van der Waals surface area contributed by atoms with Crippen LogP contribution in [-0.4, -0.2) is 47.5 Å². The van der Waals surface area contributed by atoms with E-state index in [4.69, 9.17) is 16.3 Å². The van der Waals surface area contributed by atoms with Crippen molar-refractivity contribution in [2.24, 2.45) is 5.92 Å². The van der Waals surface area contributed by atoms with Crippen LogP contribution in [0.15, 0.2) is 48.5 Å². The van der Waals surface area contributed by atoms with Crippen LogP contribution < -0.4 is 5.32 Å². The second-order valence-corrected chi connectivity index (χ2v) is 7.18. The van der Waals surface area contributed by atoms with E-state index >= 15 is 0 Å². The Morgan fingerprint density at radius 1 is 1.10 bits per heavy atom. The van der Waals surface area contributed by atoms with Crippen molar-refractivity contribution < 1.29 is 24.2 Å². The van der Waals surface area contributed by atoms with Crippen molar-refractivity contribution >= 4 is 35.1 Å². The predicted octanol–water partition coefficient (Wildman–Crippen LogP) is 3.08. The number of hydrogen-bond acceptors (Lipinski definition) is 5. The van der Waals surface area contributed by atoms with Crippen LogP contribution in [0.3, 0.4) is 0 Å². The van der Waals surface area contributed by atoms with Gasteiger partial charge in [-0.2, -0.15) is 0 Å². The number of hydrogen-bond donors (Lipinski definition) is 2. The van der Waals surface area contributed by atoms with E-state index in [1.54, 1.807) is 4.90 Å². The number of likely N-dealkylation sites (tertiary alicyclic amines) is 1. The van der Waals surface area contributed by atoms with Gasteiger partial charge in [0.15, 0.2) is 6.61 Å². The zero-order valence-electron chi connectivity index (χ0n) is 15.6. The van der Waals surface area contributed by atoms with Crippen LogP contribution in [-0.2, 0) is 14.3 Å². The molecule has 0 atom stereocenters. The normalized spacial score (nSPS) is 14.3. The highest BCUT2D eigenvalue weighted by Crippen LogP contribution is 2.23. The standard InChI is InChI=1S/C21H21ClN2O5/c22-15-6-7-18(25)17(12-15)21(28)29-13-19(26)24-10-8-14(9-11-24)20(27)23-16-4-2-1-3-5-16/h1-7,12,14,25H,8-11,13H2,(H,23,27). The monoisotopic (exact) mass is 416 g/mol. The van der Waals surface area contributed by atoms with Gasteiger partial charge in [0.05, 0.1) is 0 Å². The molecule has 152 valence electrons. The molecule has 1 aliphatic rings. The number of anilines is 1. The largest absolute Gasteiger partial charge is 0.507 e. The molecule has 0 spiro atoms. The van der Waals surface area contributed by atoms with Gasteiger partial charge in [-0.05, 0) is 43.2 Å². The van der Waals surface area contributed by atoms with Crippen LogP contribution in [0.5, 0.6) is 5.75 Å². The van der Waals surface area contributed by atoms with E-state index in [2.05, 4.69) is 5.32 Å². The molecule has 0 unspecified atom stereocenters. The summed E-state index contributed by atoms with van der Waals surface area (Å²) in [5.41, 5.74) is 0.647. The van der Waals surface area contributed by atoms with Crippen LogP contribution in [0.4, 0.5) is 5.69 Å². The first-order valence-electron chi connectivity index (χ1n) is 9.23. The molecule has 2 N–H and O–H groups in total. The number of ether oxygens (including phenoxy) is 1. The first-order valence-corrected chi connectivity index (χ1v) is 9.61. The van der Waals surface area contributed by atoms with Gasteiger partial charge in [0.2, 0.25) is 5.91 Å². The van der Waals surface area contributed by atoms with Gasteiger partial charge in [0, 0.05) is 29.7 Å². The molecule has 1 fully saturated rings. The van der Waals surface area contributed by atoms with Crippen LogP contribution in [0.1, 0.15) is 23.2 Å². The molecular formula is C21H21ClN2O5. The number of halogens is 1. The maximum Gasteiger partial charge on any atom is 0.342 e. The Morgan fingerprint density at radius 2 is 1.79 bits per heavy atom. The molecule has 29 heavy (non-hydrogen) atoms. The van der Waals surface area contributed by atoms with E-state index in [1.807, 2.05) is 30.3 Å². The molecule has 0 aromatic heterocycles. The van der Waals surface area contributed by atoms with Crippen molar-refractivity contribution in [3.63, 3.8) is 0 Å². The smallest absolute Gasteiger partial charge is 0.342 e.